The zero-order valence-corrected chi connectivity index (χ0v) is 23.4. The standard InChI is InChI=1S/C27H29Cl2N3O4S/c1-18-5-9-21(10-6-18)16-31(20(3)27(34)30-4)26(33)17-32(22-11-14-24(28)25(29)15-22)37(35,36)23-12-7-19(2)8-13-23/h5-15,20H,16-17H2,1-4H3,(H,30,34)/t20-/m0/s1. The molecule has 0 aliphatic rings. The monoisotopic (exact) mass is 561 g/mol. The Hall–Kier alpha value is -3.07. The zero-order chi connectivity index (χ0) is 27.3. The van der Waals surface area contributed by atoms with E-state index in [1.165, 1.54) is 42.3 Å². The number of hydrogen-bond acceptors (Lipinski definition) is 4. The number of halogens is 2. The summed E-state index contributed by atoms with van der Waals surface area (Å²) >= 11 is 12.3. The van der Waals surface area contributed by atoms with E-state index in [9.17, 15) is 18.0 Å². The van der Waals surface area contributed by atoms with Crippen molar-refractivity contribution in [2.45, 2.75) is 38.3 Å². The Morgan fingerprint density at radius 2 is 1.46 bits per heavy atom. The average Bonchev–Trinajstić information content (AvgIpc) is 2.87. The van der Waals surface area contributed by atoms with Gasteiger partial charge in [0.2, 0.25) is 11.8 Å². The minimum atomic E-state index is -4.18. The number of anilines is 1. The summed E-state index contributed by atoms with van der Waals surface area (Å²) in [6.07, 6.45) is 0. The summed E-state index contributed by atoms with van der Waals surface area (Å²) in [5.41, 5.74) is 2.92. The molecule has 0 spiro atoms. The van der Waals surface area contributed by atoms with Crippen LogP contribution in [0, 0.1) is 13.8 Å². The minimum absolute atomic E-state index is 0.0152. The Labute approximate surface area is 228 Å². The number of rotatable bonds is 9. The van der Waals surface area contributed by atoms with Gasteiger partial charge in [-0.2, -0.15) is 0 Å². The Morgan fingerprint density at radius 3 is 2.00 bits per heavy atom. The highest BCUT2D eigenvalue weighted by Crippen LogP contribution is 2.31. The molecule has 0 aliphatic carbocycles. The second-order valence-corrected chi connectivity index (χ2v) is 11.4. The Kier molecular flexibility index (Phi) is 9.23. The summed E-state index contributed by atoms with van der Waals surface area (Å²) in [6, 6.07) is 17.4. The number of likely N-dealkylation sites (N-methyl/N-ethyl adjacent to an activating group) is 1. The maximum Gasteiger partial charge on any atom is 0.264 e. The lowest BCUT2D eigenvalue weighted by Crippen LogP contribution is -2.50. The number of sulfonamides is 1. The second kappa shape index (κ2) is 12.0. The number of hydrogen-bond donors (Lipinski definition) is 1. The first-order valence-corrected chi connectivity index (χ1v) is 13.7. The molecule has 0 radical (unpaired) electrons. The van der Waals surface area contributed by atoms with Crippen LogP contribution in [0.5, 0.6) is 0 Å². The molecule has 196 valence electrons. The number of benzene rings is 3. The summed E-state index contributed by atoms with van der Waals surface area (Å²) in [4.78, 5) is 27.6. The third-order valence-electron chi connectivity index (χ3n) is 5.97. The van der Waals surface area contributed by atoms with Crippen LogP contribution in [-0.4, -0.2) is 44.8 Å². The Morgan fingerprint density at radius 1 is 0.892 bits per heavy atom. The van der Waals surface area contributed by atoms with Crippen LogP contribution in [0.25, 0.3) is 0 Å². The van der Waals surface area contributed by atoms with Crippen molar-refractivity contribution in [2.75, 3.05) is 17.9 Å². The van der Waals surface area contributed by atoms with Gasteiger partial charge in [-0.25, -0.2) is 8.42 Å². The first kappa shape index (κ1) is 28.5. The molecule has 2 amide bonds. The van der Waals surface area contributed by atoms with Gasteiger partial charge in [0.25, 0.3) is 10.0 Å². The van der Waals surface area contributed by atoms with Crippen molar-refractivity contribution < 1.29 is 18.0 Å². The Bertz CT molecular complexity index is 1380. The smallest absolute Gasteiger partial charge is 0.264 e. The highest BCUT2D eigenvalue weighted by molar-refractivity contribution is 7.92. The molecule has 0 saturated carbocycles. The highest BCUT2D eigenvalue weighted by Gasteiger charge is 2.32. The topological polar surface area (TPSA) is 86.8 Å². The van der Waals surface area contributed by atoms with Gasteiger partial charge in [0, 0.05) is 13.6 Å². The largest absolute Gasteiger partial charge is 0.357 e. The number of amides is 2. The van der Waals surface area contributed by atoms with Crippen LogP contribution in [0.4, 0.5) is 5.69 Å². The fourth-order valence-electron chi connectivity index (χ4n) is 3.69. The molecule has 0 fully saturated rings. The van der Waals surface area contributed by atoms with E-state index in [0.29, 0.717) is 0 Å². The molecule has 0 aromatic heterocycles. The van der Waals surface area contributed by atoms with E-state index >= 15 is 0 Å². The highest BCUT2D eigenvalue weighted by atomic mass is 35.5. The van der Waals surface area contributed by atoms with E-state index in [-0.39, 0.29) is 33.1 Å². The SMILES string of the molecule is CNC(=O)[C@H](C)N(Cc1ccc(C)cc1)C(=O)CN(c1ccc(Cl)c(Cl)c1)S(=O)(=O)c1ccc(C)cc1. The molecule has 0 heterocycles. The second-order valence-electron chi connectivity index (χ2n) is 8.72. The van der Waals surface area contributed by atoms with Gasteiger partial charge in [0.05, 0.1) is 20.6 Å². The van der Waals surface area contributed by atoms with Crippen molar-refractivity contribution in [2.24, 2.45) is 0 Å². The van der Waals surface area contributed by atoms with E-state index in [1.807, 2.05) is 38.1 Å². The maximum atomic E-state index is 13.8. The summed E-state index contributed by atoms with van der Waals surface area (Å²) in [5.74, 6) is -0.929. The van der Waals surface area contributed by atoms with Gasteiger partial charge >= 0.3 is 0 Å². The number of nitrogens with zero attached hydrogens (tertiary/aromatic N) is 2. The van der Waals surface area contributed by atoms with Crippen LogP contribution in [0.15, 0.2) is 71.6 Å². The lowest BCUT2D eigenvalue weighted by atomic mass is 10.1. The third kappa shape index (κ3) is 6.83. The van der Waals surface area contributed by atoms with Crippen LogP contribution in [-0.2, 0) is 26.2 Å². The van der Waals surface area contributed by atoms with Crippen molar-refractivity contribution in [1.82, 2.24) is 10.2 Å². The van der Waals surface area contributed by atoms with Crippen LogP contribution < -0.4 is 9.62 Å². The molecule has 0 saturated heterocycles. The summed E-state index contributed by atoms with van der Waals surface area (Å²) in [5, 5.41) is 2.95. The first-order valence-electron chi connectivity index (χ1n) is 11.5. The fourth-order valence-corrected chi connectivity index (χ4v) is 5.39. The predicted octanol–water partition coefficient (Wildman–Crippen LogP) is 4.97. The predicted molar refractivity (Wildman–Crippen MR) is 147 cm³/mol. The summed E-state index contributed by atoms with van der Waals surface area (Å²) in [6.45, 7) is 4.96. The maximum absolute atomic E-state index is 13.8. The molecule has 3 aromatic rings. The van der Waals surface area contributed by atoms with E-state index in [0.717, 1.165) is 21.0 Å². The molecular formula is C27H29Cl2N3O4S. The molecule has 0 aliphatic heterocycles. The van der Waals surface area contributed by atoms with Crippen molar-refractivity contribution in [1.29, 1.82) is 0 Å². The molecule has 37 heavy (non-hydrogen) atoms. The van der Waals surface area contributed by atoms with Crippen LogP contribution in [0.3, 0.4) is 0 Å². The zero-order valence-electron chi connectivity index (χ0n) is 21.0. The van der Waals surface area contributed by atoms with Gasteiger partial charge in [0.1, 0.15) is 12.6 Å². The normalized spacial score (nSPS) is 12.1. The van der Waals surface area contributed by atoms with Gasteiger partial charge in [0.15, 0.2) is 0 Å². The van der Waals surface area contributed by atoms with Crippen molar-refractivity contribution in [3.05, 3.63) is 93.5 Å². The lowest BCUT2D eigenvalue weighted by molar-refractivity contribution is -0.139. The summed E-state index contributed by atoms with van der Waals surface area (Å²) in [7, 11) is -2.69. The third-order valence-corrected chi connectivity index (χ3v) is 8.49. The van der Waals surface area contributed by atoms with Crippen molar-refractivity contribution >= 4 is 50.7 Å². The molecular weight excluding hydrogens is 533 g/mol. The van der Waals surface area contributed by atoms with Gasteiger partial charge in [-0.05, 0) is 56.7 Å². The molecule has 1 atom stereocenters. The minimum Gasteiger partial charge on any atom is -0.357 e. The van der Waals surface area contributed by atoms with Gasteiger partial charge in [-0.3, -0.25) is 13.9 Å². The average molecular weight is 563 g/mol. The molecule has 7 nitrogen and oxygen atoms in total. The van der Waals surface area contributed by atoms with E-state index in [4.69, 9.17) is 23.2 Å². The van der Waals surface area contributed by atoms with Crippen LogP contribution in [0.1, 0.15) is 23.6 Å². The van der Waals surface area contributed by atoms with E-state index in [1.54, 1.807) is 19.1 Å². The van der Waals surface area contributed by atoms with Crippen molar-refractivity contribution in [3.63, 3.8) is 0 Å². The number of carbonyl (C=O) groups excluding carboxylic acids is 2. The van der Waals surface area contributed by atoms with Crippen LogP contribution in [0.2, 0.25) is 10.0 Å². The molecule has 3 rings (SSSR count). The Balaban J connectivity index is 2.05. The fraction of sp³-hybridized carbons (Fsp3) is 0.259. The van der Waals surface area contributed by atoms with E-state index < -0.39 is 28.5 Å². The van der Waals surface area contributed by atoms with Crippen LogP contribution >= 0.6 is 23.2 Å². The molecule has 0 unspecified atom stereocenters. The quantitative estimate of drug-likeness (QED) is 0.399. The number of aryl methyl sites for hydroxylation is 2. The van der Waals surface area contributed by atoms with Gasteiger partial charge in [-0.1, -0.05) is 70.7 Å². The van der Waals surface area contributed by atoms with Gasteiger partial charge in [-0.15, -0.1) is 0 Å². The number of carbonyl (C=O) groups is 2. The molecule has 3 aromatic carbocycles. The van der Waals surface area contributed by atoms with E-state index in [2.05, 4.69) is 5.32 Å². The molecule has 10 heteroatoms. The molecule has 0 bridgehead atoms. The lowest BCUT2D eigenvalue weighted by Gasteiger charge is -2.32. The first-order chi connectivity index (χ1) is 17.4. The van der Waals surface area contributed by atoms with Crippen molar-refractivity contribution in [3.8, 4) is 0 Å². The van der Waals surface area contributed by atoms with Gasteiger partial charge < -0.3 is 10.2 Å². The summed E-state index contributed by atoms with van der Waals surface area (Å²) < 4.78 is 28.5. The number of nitrogens with one attached hydrogen (secondary N) is 1. The molecule has 1 N–H and O–H groups in total.